The number of methoxy groups -OCH3 is 1. The summed E-state index contributed by atoms with van der Waals surface area (Å²) in [7, 11) is 1.42. The molecule has 0 amide bonds. The number of ether oxygens (including phenoxy) is 1. The van der Waals surface area contributed by atoms with E-state index < -0.39 is 0 Å². The van der Waals surface area contributed by atoms with Gasteiger partial charge in [-0.1, -0.05) is 0 Å². The highest BCUT2D eigenvalue weighted by Crippen LogP contribution is 2.28. The number of halogens is 1. The topological polar surface area (TPSA) is 84.1 Å². The fourth-order valence-corrected chi connectivity index (χ4v) is 2.65. The third-order valence-electron chi connectivity index (χ3n) is 3.40. The number of esters is 1. The lowest BCUT2D eigenvalue weighted by Gasteiger charge is -2.28. The Morgan fingerprint density at radius 1 is 1.47 bits per heavy atom. The van der Waals surface area contributed by atoms with Crippen LogP contribution in [-0.2, 0) is 9.53 Å². The van der Waals surface area contributed by atoms with E-state index in [1.807, 2.05) is 0 Å². The molecule has 1 aliphatic rings. The molecule has 0 aliphatic heterocycles. The largest absolute Gasteiger partial charge is 0.469 e. The normalized spacial score (nSPS) is 22.8. The van der Waals surface area contributed by atoms with Gasteiger partial charge in [-0.3, -0.25) is 9.59 Å². The second-order valence-corrected chi connectivity index (χ2v) is 5.40. The number of hydrogen-bond donors (Lipinski definition) is 2. The molecule has 2 N–H and O–H groups in total. The minimum Gasteiger partial charge on any atom is -0.469 e. The Balaban J connectivity index is 1.94. The van der Waals surface area contributed by atoms with Crippen molar-refractivity contribution in [3.8, 4) is 0 Å². The number of aromatic nitrogens is 2. The van der Waals surface area contributed by atoms with Gasteiger partial charge in [0, 0.05) is 6.04 Å². The predicted molar refractivity (Wildman–Crippen MR) is 73.9 cm³/mol. The van der Waals surface area contributed by atoms with Crippen molar-refractivity contribution in [1.29, 1.82) is 0 Å². The summed E-state index contributed by atoms with van der Waals surface area (Å²) in [6.07, 6.45) is 4.69. The van der Waals surface area contributed by atoms with Crippen LogP contribution in [-0.4, -0.2) is 29.1 Å². The first kappa shape index (κ1) is 14.0. The molecule has 2 rings (SSSR count). The van der Waals surface area contributed by atoms with Gasteiger partial charge in [0.15, 0.2) is 0 Å². The Bertz CT molecular complexity index is 509. The van der Waals surface area contributed by atoms with Gasteiger partial charge in [0.2, 0.25) is 0 Å². The third kappa shape index (κ3) is 3.34. The lowest BCUT2D eigenvalue weighted by atomic mass is 9.86. The van der Waals surface area contributed by atoms with E-state index in [1.165, 1.54) is 13.4 Å². The molecule has 0 spiro atoms. The van der Waals surface area contributed by atoms with Crippen LogP contribution in [0.2, 0.25) is 0 Å². The van der Waals surface area contributed by atoms with Crippen molar-refractivity contribution in [2.24, 2.45) is 5.92 Å². The fraction of sp³-hybridized carbons (Fsp3) is 0.583. The summed E-state index contributed by atoms with van der Waals surface area (Å²) in [6.45, 7) is 0. The number of carbonyl (C=O) groups is 1. The Labute approximate surface area is 119 Å². The number of aromatic amines is 1. The first-order valence-corrected chi connectivity index (χ1v) is 6.98. The molecule has 1 aromatic rings. The summed E-state index contributed by atoms with van der Waals surface area (Å²) in [5, 5.41) is 3.24. The summed E-state index contributed by atoms with van der Waals surface area (Å²) in [6, 6.07) is 0.228. The first-order valence-electron chi connectivity index (χ1n) is 6.19. The van der Waals surface area contributed by atoms with Gasteiger partial charge in [-0.05, 0) is 41.6 Å². The van der Waals surface area contributed by atoms with Crippen molar-refractivity contribution >= 4 is 27.7 Å². The molecule has 7 heteroatoms. The molecular formula is C12H16BrN3O3. The molecule has 19 heavy (non-hydrogen) atoms. The molecule has 0 saturated heterocycles. The van der Waals surface area contributed by atoms with Crippen LogP contribution in [0.15, 0.2) is 15.6 Å². The number of nitrogens with zero attached hydrogens (tertiary/aromatic N) is 1. The van der Waals surface area contributed by atoms with Gasteiger partial charge < -0.3 is 15.0 Å². The van der Waals surface area contributed by atoms with Crippen LogP contribution in [0.5, 0.6) is 0 Å². The summed E-state index contributed by atoms with van der Waals surface area (Å²) in [5.41, 5.74) is -0.208. The second-order valence-electron chi connectivity index (χ2n) is 4.61. The van der Waals surface area contributed by atoms with Gasteiger partial charge in [-0.25, -0.2) is 4.98 Å². The highest BCUT2D eigenvalue weighted by atomic mass is 79.9. The van der Waals surface area contributed by atoms with Gasteiger partial charge in [0.1, 0.15) is 10.3 Å². The first-order chi connectivity index (χ1) is 9.11. The van der Waals surface area contributed by atoms with Crippen LogP contribution in [0.1, 0.15) is 25.7 Å². The number of nitrogens with one attached hydrogen (secondary N) is 2. The van der Waals surface area contributed by atoms with E-state index in [0.29, 0.717) is 10.3 Å². The number of anilines is 1. The van der Waals surface area contributed by atoms with Gasteiger partial charge in [-0.2, -0.15) is 0 Å². The maximum Gasteiger partial charge on any atom is 0.308 e. The number of rotatable bonds is 3. The maximum atomic E-state index is 11.4. The van der Waals surface area contributed by atoms with Crippen molar-refractivity contribution in [3.05, 3.63) is 21.2 Å². The van der Waals surface area contributed by atoms with Crippen molar-refractivity contribution in [2.45, 2.75) is 31.7 Å². The highest BCUT2D eigenvalue weighted by Gasteiger charge is 2.27. The Morgan fingerprint density at radius 3 is 2.79 bits per heavy atom. The van der Waals surface area contributed by atoms with Crippen molar-refractivity contribution in [2.75, 3.05) is 12.4 Å². The van der Waals surface area contributed by atoms with Gasteiger partial charge >= 0.3 is 5.97 Å². The van der Waals surface area contributed by atoms with Crippen LogP contribution >= 0.6 is 15.9 Å². The molecule has 6 nitrogen and oxygen atoms in total. The van der Waals surface area contributed by atoms with Crippen LogP contribution in [0.4, 0.5) is 5.82 Å². The van der Waals surface area contributed by atoms with Crippen LogP contribution in [0.3, 0.4) is 0 Å². The van der Waals surface area contributed by atoms with E-state index in [-0.39, 0.29) is 23.5 Å². The molecule has 1 aliphatic carbocycles. The van der Waals surface area contributed by atoms with Gasteiger partial charge in [-0.15, -0.1) is 0 Å². The number of hydrogen-bond acceptors (Lipinski definition) is 5. The Morgan fingerprint density at radius 2 is 2.16 bits per heavy atom. The van der Waals surface area contributed by atoms with E-state index in [4.69, 9.17) is 4.74 Å². The second kappa shape index (κ2) is 6.18. The summed E-state index contributed by atoms with van der Waals surface area (Å²) in [4.78, 5) is 29.4. The molecule has 1 heterocycles. The van der Waals surface area contributed by atoms with E-state index in [2.05, 4.69) is 31.2 Å². The summed E-state index contributed by atoms with van der Waals surface area (Å²) < 4.78 is 5.16. The average molecular weight is 330 g/mol. The van der Waals surface area contributed by atoms with Crippen molar-refractivity contribution in [1.82, 2.24) is 9.97 Å². The van der Waals surface area contributed by atoms with Gasteiger partial charge in [0.25, 0.3) is 5.56 Å². The lowest BCUT2D eigenvalue weighted by Crippen LogP contribution is -2.30. The average Bonchev–Trinajstić information content (AvgIpc) is 2.44. The summed E-state index contributed by atoms with van der Waals surface area (Å²) >= 11 is 3.21. The van der Waals surface area contributed by atoms with E-state index in [0.717, 1.165) is 25.7 Å². The Hall–Kier alpha value is -1.37. The molecular weight excluding hydrogens is 314 g/mol. The molecule has 1 fully saturated rings. The molecule has 0 bridgehead atoms. The van der Waals surface area contributed by atoms with Crippen molar-refractivity contribution in [3.63, 3.8) is 0 Å². The smallest absolute Gasteiger partial charge is 0.308 e. The van der Waals surface area contributed by atoms with Gasteiger partial charge in [0.05, 0.1) is 19.4 Å². The van der Waals surface area contributed by atoms with E-state index in [9.17, 15) is 9.59 Å². The maximum absolute atomic E-state index is 11.4. The molecule has 1 aromatic heterocycles. The third-order valence-corrected chi connectivity index (χ3v) is 4.13. The zero-order chi connectivity index (χ0) is 13.8. The fourth-order valence-electron chi connectivity index (χ4n) is 2.32. The monoisotopic (exact) mass is 329 g/mol. The predicted octanol–water partition coefficient (Wildman–Crippen LogP) is 1.68. The lowest BCUT2D eigenvalue weighted by molar-refractivity contribution is -0.146. The zero-order valence-electron chi connectivity index (χ0n) is 10.6. The summed E-state index contributed by atoms with van der Waals surface area (Å²) in [5.74, 6) is 0.415. The number of H-pyrrole nitrogens is 1. The SMILES string of the molecule is COC(=O)C1CCC(Nc2nc[nH]c(=O)c2Br)CC1. The van der Waals surface area contributed by atoms with Crippen LogP contribution in [0.25, 0.3) is 0 Å². The molecule has 104 valence electrons. The molecule has 0 aromatic carbocycles. The minimum absolute atomic E-state index is 0.00127. The van der Waals surface area contributed by atoms with Crippen LogP contribution < -0.4 is 10.9 Å². The quantitative estimate of drug-likeness (QED) is 0.824. The highest BCUT2D eigenvalue weighted by molar-refractivity contribution is 9.10. The Kier molecular flexibility index (Phi) is 4.57. The molecule has 0 radical (unpaired) electrons. The molecule has 0 atom stereocenters. The zero-order valence-corrected chi connectivity index (χ0v) is 12.2. The standard InChI is InChI=1S/C12H16BrN3O3/c1-19-12(18)7-2-4-8(5-3-7)16-10-9(13)11(17)15-6-14-10/h6-8H,2-5H2,1H3,(H2,14,15,16,17). The van der Waals surface area contributed by atoms with E-state index in [1.54, 1.807) is 0 Å². The minimum atomic E-state index is -0.208. The van der Waals surface area contributed by atoms with Crippen molar-refractivity contribution < 1.29 is 9.53 Å². The number of carbonyl (C=O) groups excluding carboxylic acids is 1. The molecule has 1 saturated carbocycles. The molecule has 0 unspecified atom stereocenters. The van der Waals surface area contributed by atoms with E-state index >= 15 is 0 Å². The van der Waals surface area contributed by atoms with Crippen LogP contribution in [0, 0.1) is 5.92 Å².